The highest BCUT2D eigenvalue weighted by Gasteiger charge is 2.55. The summed E-state index contributed by atoms with van der Waals surface area (Å²) in [6.07, 6.45) is -6.07. The van der Waals surface area contributed by atoms with Gasteiger partial charge in [-0.3, -0.25) is 4.98 Å². The maximum Gasteiger partial charge on any atom is 0.435 e. The predicted octanol–water partition coefficient (Wildman–Crippen LogP) is 4.81. The summed E-state index contributed by atoms with van der Waals surface area (Å²) < 4.78 is 86.2. The van der Waals surface area contributed by atoms with Gasteiger partial charge in [-0.2, -0.15) is 31.4 Å². The summed E-state index contributed by atoms with van der Waals surface area (Å²) in [5, 5.41) is 6.98. The molecule has 32 heavy (non-hydrogen) atoms. The molecule has 0 radical (unpaired) electrons. The van der Waals surface area contributed by atoms with E-state index in [1.165, 1.54) is 10.7 Å². The van der Waals surface area contributed by atoms with E-state index in [2.05, 4.69) is 15.4 Å². The Labute approximate surface area is 181 Å². The number of unbranched alkanes of at least 4 members (excludes halogenated alkanes) is 1. The van der Waals surface area contributed by atoms with Gasteiger partial charge in [-0.25, -0.2) is 4.68 Å². The first-order valence-electron chi connectivity index (χ1n) is 10.6. The topological polar surface area (TPSA) is 52.0 Å². The molecule has 0 aromatic carbocycles. The van der Waals surface area contributed by atoms with E-state index in [0.717, 1.165) is 31.2 Å². The van der Waals surface area contributed by atoms with Crippen molar-refractivity contribution in [3.05, 3.63) is 41.3 Å². The molecule has 176 valence electrons. The molecule has 11 heteroatoms. The lowest BCUT2D eigenvalue weighted by atomic mass is 9.76. The van der Waals surface area contributed by atoms with Crippen LogP contribution in [0.2, 0.25) is 0 Å². The van der Waals surface area contributed by atoms with Crippen LogP contribution in [0.15, 0.2) is 24.4 Å². The molecule has 5 nitrogen and oxygen atoms in total. The van der Waals surface area contributed by atoms with Gasteiger partial charge in [-0.1, -0.05) is 13.3 Å². The Morgan fingerprint density at radius 3 is 2.59 bits per heavy atom. The smallest absolute Gasteiger partial charge is 0.435 e. The zero-order valence-corrected chi connectivity index (χ0v) is 17.4. The summed E-state index contributed by atoms with van der Waals surface area (Å²) in [4.78, 5) is 4.10. The van der Waals surface area contributed by atoms with Crippen LogP contribution in [0.5, 0.6) is 5.88 Å². The zero-order valence-electron chi connectivity index (χ0n) is 17.4. The Balaban J connectivity index is 1.67. The van der Waals surface area contributed by atoms with Gasteiger partial charge in [0.15, 0.2) is 5.69 Å². The molecule has 2 bridgehead atoms. The van der Waals surface area contributed by atoms with Crippen LogP contribution in [-0.4, -0.2) is 34.0 Å². The van der Waals surface area contributed by atoms with E-state index in [9.17, 15) is 26.3 Å². The lowest BCUT2D eigenvalue weighted by molar-refractivity contribution is -0.141. The lowest BCUT2D eigenvalue weighted by Gasteiger charge is -2.41. The summed E-state index contributed by atoms with van der Waals surface area (Å²) in [6.45, 7) is 3.24. The maximum atomic E-state index is 13.3. The first-order chi connectivity index (χ1) is 15.0. The first kappa shape index (κ1) is 22.9. The zero-order chi connectivity index (χ0) is 23.1. The number of nitrogens with one attached hydrogen (secondary N) is 1. The van der Waals surface area contributed by atoms with E-state index >= 15 is 0 Å². The van der Waals surface area contributed by atoms with Gasteiger partial charge in [-0.15, -0.1) is 0 Å². The molecule has 2 aliphatic rings. The number of hydrogen-bond donors (Lipinski definition) is 1. The number of hydrogen-bond acceptors (Lipinski definition) is 4. The van der Waals surface area contributed by atoms with Gasteiger partial charge >= 0.3 is 12.4 Å². The highest BCUT2D eigenvalue weighted by Crippen LogP contribution is 2.48. The third kappa shape index (κ3) is 4.18. The van der Waals surface area contributed by atoms with Crippen LogP contribution in [0.1, 0.15) is 49.6 Å². The van der Waals surface area contributed by atoms with E-state index < -0.39 is 35.1 Å². The fourth-order valence-electron chi connectivity index (χ4n) is 4.73. The monoisotopic (exact) mass is 462 g/mol. The van der Waals surface area contributed by atoms with Gasteiger partial charge in [0.1, 0.15) is 6.10 Å². The van der Waals surface area contributed by atoms with Crippen LogP contribution >= 0.6 is 0 Å². The minimum absolute atomic E-state index is 0.00305. The van der Waals surface area contributed by atoms with Crippen molar-refractivity contribution in [2.24, 2.45) is 5.92 Å². The largest absolute Gasteiger partial charge is 0.473 e. The molecule has 2 aromatic heterocycles. The van der Waals surface area contributed by atoms with E-state index in [-0.39, 0.29) is 18.3 Å². The van der Waals surface area contributed by atoms with Crippen molar-refractivity contribution in [3.63, 3.8) is 0 Å². The minimum atomic E-state index is -4.60. The summed E-state index contributed by atoms with van der Waals surface area (Å²) in [6, 6.07) is 3.25. The van der Waals surface area contributed by atoms with E-state index in [4.69, 9.17) is 4.74 Å². The number of halogens is 6. The standard InChI is InChI=1S/C21H24F6N4O/c1-2-3-8-31-17(9-16(30-31)21(25,26)27)32-18-13-6-7-19(18,12-28-10-13)15-5-4-14(11-29-15)20(22,23)24/h4-5,9,11,13,18,28H,2-3,6-8,10,12H2,1H3/t13?,18-,19?/m0/s1. The average Bonchev–Trinajstić information content (AvgIpc) is 3.21. The Morgan fingerprint density at radius 2 is 1.97 bits per heavy atom. The molecule has 2 fully saturated rings. The molecule has 3 heterocycles. The quantitative estimate of drug-likeness (QED) is 0.626. The van der Waals surface area contributed by atoms with E-state index in [1.54, 1.807) is 0 Å². The van der Waals surface area contributed by atoms with Crippen molar-refractivity contribution in [3.8, 4) is 5.88 Å². The lowest BCUT2D eigenvalue weighted by Crippen LogP contribution is -2.55. The number of pyridine rings is 1. The van der Waals surface area contributed by atoms with Crippen molar-refractivity contribution in [2.45, 2.75) is 63.0 Å². The highest BCUT2D eigenvalue weighted by molar-refractivity contribution is 5.30. The molecular formula is C21H24F6N4O. The number of piperidine rings is 1. The first-order valence-corrected chi connectivity index (χ1v) is 10.6. The van der Waals surface area contributed by atoms with Gasteiger partial charge < -0.3 is 10.1 Å². The van der Waals surface area contributed by atoms with E-state index in [0.29, 0.717) is 31.6 Å². The molecule has 4 rings (SSSR count). The number of aryl methyl sites for hydroxylation is 1. The Morgan fingerprint density at radius 1 is 1.19 bits per heavy atom. The summed E-state index contributed by atoms with van der Waals surface area (Å²) in [5.74, 6) is 0.0255. The summed E-state index contributed by atoms with van der Waals surface area (Å²) in [7, 11) is 0. The average molecular weight is 462 g/mol. The van der Waals surface area contributed by atoms with Crippen LogP contribution in [0.3, 0.4) is 0 Å². The third-order valence-electron chi connectivity index (χ3n) is 6.39. The third-order valence-corrected chi connectivity index (χ3v) is 6.39. The van der Waals surface area contributed by atoms with Crippen molar-refractivity contribution in [2.75, 3.05) is 13.1 Å². The molecule has 2 aromatic rings. The molecule has 2 unspecified atom stereocenters. The Hall–Kier alpha value is -2.30. The van der Waals surface area contributed by atoms with Gasteiger partial charge in [0.25, 0.3) is 0 Å². The molecule has 0 spiro atoms. The van der Waals surface area contributed by atoms with Crippen molar-refractivity contribution >= 4 is 0 Å². The SMILES string of the molecule is CCCCn1nc(C(F)(F)F)cc1O[C@H]1C2CCC1(c1ccc(C(F)(F)F)cn1)CNC2. The summed E-state index contributed by atoms with van der Waals surface area (Å²) >= 11 is 0. The van der Waals surface area contributed by atoms with Gasteiger partial charge in [0.2, 0.25) is 5.88 Å². The minimum Gasteiger partial charge on any atom is -0.473 e. The molecule has 3 atom stereocenters. The maximum absolute atomic E-state index is 13.3. The Bertz CT molecular complexity index is 935. The normalized spacial score (nSPS) is 25.8. The predicted molar refractivity (Wildman–Crippen MR) is 103 cm³/mol. The summed E-state index contributed by atoms with van der Waals surface area (Å²) in [5.41, 5.74) is -2.15. The second-order valence-corrected chi connectivity index (χ2v) is 8.50. The fraction of sp³-hybridized carbons (Fsp3) is 0.619. The van der Waals surface area contributed by atoms with Gasteiger partial charge in [0.05, 0.1) is 16.7 Å². The van der Waals surface area contributed by atoms with Crippen LogP contribution in [-0.2, 0) is 24.3 Å². The van der Waals surface area contributed by atoms with Gasteiger partial charge in [-0.05, 0) is 31.4 Å². The molecule has 1 aliphatic heterocycles. The molecule has 0 amide bonds. The molecule has 1 aliphatic carbocycles. The van der Waals surface area contributed by atoms with Crippen LogP contribution in [0.25, 0.3) is 0 Å². The number of nitrogens with zero attached hydrogens (tertiary/aromatic N) is 3. The number of alkyl halides is 6. The van der Waals surface area contributed by atoms with Crippen LogP contribution in [0, 0.1) is 5.92 Å². The second kappa shape index (κ2) is 8.24. The van der Waals surface area contributed by atoms with Crippen LogP contribution < -0.4 is 10.1 Å². The number of fused-ring (bicyclic) bond motifs is 2. The molecule has 1 saturated heterocycles. The van der Waals surface area contributed by atoms with Crippen LogP contribution in [0.4, 0.5) is 26.3 Å². The van der Waals surface area contributed by atoms with Crippen molar-refractivity contribution in [1.29, 1.82) is 0 Å². The van der Waals surface area contributed by atoms with E-state index in [1.807, 2.05) is 6.92 Å². The van der Waals surface area contributed by atoms with Crippen molar-refractivity contribution < 1.29 is 31.1 Å². The molecular weight excluding hydrogens is 438 g/mol. The highest BCUT2D eigenvalue weighted by atomic mass is 19.4. The van der Waals surface area contributed by atoms with Gasteiger partial charge in [0, 0.05) is 37.8 Å². The molecule has 1 saturated carbocycles. The fourth-order valence-corrected chi connectivity index (χ4v) is 4.73. The van der Waals surface area contributed by atoms with Crippen molar-refractivity contribution in [1.82, 2.24) is 20.1 Å². The number of ether oxygens (including phenoxy) is 1. The molecule has 1 N–H and O–H groups in total. The number of rotatable bonds is 6. The number of aromatic nitrogens is 3. The second-order valence-electron chi connectivity index (χ2n) is 8.50. The Kier molecular flexibility index (Phi) is 5.89.